The van der Waals surface area contributed by atoms with Crippen LogP contribution in [0.15, 0.2) is 54.1 Å². The van der Waals surface area contributed by atoms with Gasteiger partial charge >= 0.3 is 0 Å². The summed E-state index contributed by atoms with van der Waals surface area (Å²) in [5.74, 6) is -0.0668. The molecule has 2 atom stereocenters. The first-order chi connectivity index (χ1) is 18.5. The number of rotatable bonds is 13. The van der Waals surface area contributed by atoms with Crippen molar-refractivity contribution in [1.82, 2.24) is 4.90 Å². The molecule has 0 aromatic heterocycles. The highest BCUT2D eigenvalue weighted by Crippen LogP contribution is 2.40. The maximum absolute atomic E-state index is 13.3. The Bertz CT molecular complexity index is 1100. The van der Waals surface area contributed by atoms with Crippen LogP contribution < -0.4 is 9.47 Å². The highest BCUT2D eigenvalue weighted by atomic mass is 16.5. The third-order valence-corrected chi connectivity index (χ3v) is 7.07. The third-order valence-electron chi connectivity index (χ3n) is 7.07. The Morgan fingerprint density at radius 3 is 2.16 bits per heavy atom. The van der Waals surface area contributed by atoms with E-state index in [0.717, 1.165) is 56.3 Å². The number of nitrogens with zero attached hydrogens (tertiary/aromatic N) is 1. The van der Waals surface area contributed by atoms with Gasteiger partial charge in [-0.1, -0.05) is 45.2 Å². The van der Waals surface area contributed by atoms with Gasteiger partial charge in [0.15, 0.2) is 0 Å². The van der Waals surface area contributed by atoms with Gasteiger partial charge in [-0.05, 0) is 67.6 Å². The van der Waals surface area contributed by atoms with Crippen molar-refractivity contribution < 1.29 is 28.9 Å². The molecule has 0 saturated carbocycles. The maximum atomic E-state index is 13.3. The summed E-state index contributed by atoms with van der Waals surface area (Å²) in [7, 11) is 0. The number of aliphatic hydroxyl groups is 1. The van der Waals surface area contributed by atoms with Gasteiger partial charge in [-0.25, -0.2) is 0 Å². The molecule has 0 aliphatic carbocycles. The molecule has 2 aromatic carbocycles. The van der Waals surface area contributed by atoms with Gasteiger partial charge in [0.2, 0.25) is 0 Å². The van der Waals surface area contributed by atoms with E-state index in [2.05, 4.69) is 13.8 Å². The number of hydrogen-bond donors (Lipinski definition) is 1. The predicted molar refractivity (Wildman–Crippen MR) is 146 cm³/mol. The summed E-state index contributed by atoms with van der Waals surface area (Å²) in [5, 5.41) is 11.3. The van der Waals surface area contributed by atoms with E-state index in [1.807, 2.05) is 24.3 Å². The van der Waals surface area contributed by atoms with Crippen molar-refractivity contribution in [3.63, 3.8) is 0 Å². The molecule has 2 aliphatic heterocycles. The van der Waals surface area contributed by atoms with Crippen molar-refractivity contribution in [2.24, 2.45) is 0 Å². The average Bonchev–Trinajstić information content (AvgIpc) is 3.54. The summed E-state index contributed by atoms with van der Waals surface area (Å²) >= 11 is 0. The fourth-order valence-electron chi connectivity index (χ4n) is 4.91. The molecule has 2 fully saturated rings. The number of carbonyl (C=O) groups excluding carboxylic acids is 2. The summed E-state index contributed by atoms with van der Waals surface area (Å²) in [6, 6.07) is 13.7. The minimum atomic E-state index is -0.714. The molecule has 0 bridgehead atoms. The van der Waals surface area contributed by atoms with Crippen LogP contribution in [0.25, 0.3) is 5.76 Å². The third kappa shape index (κ3) is 6.57. The van der Waals surface area contributed by atoms with Crippen molar-refractivity contribution in [3.05, 3.63) is 65.2 Å². The van der Waals surface area contributed by atoms with Crippen LogP contribution in [0.5, 0.6) is 11.5 Å². The summed E-state index contributed by atoms with van der Waals surface area (Å²) in [6.45, 7) is 6.46. The lowest BCUT2D eigenvalue weighted by Gasteiger charge is -2.27. The van der Waals surface area contributed by atoms with Crippen LogP contribution in [-0.4, -0.2) is 54.2 Å². The molecule has 1 N–H and O–H groups in total. The summed E-state index contributed by atoms with van der Waals surface area (Å²) in [4.78, 5) is 28.1. The van der Waals surface area contributed by atoms with Gasteiger partial charge in [0, 0.05) is 18.7 Å². The lowest BCUT2D eigenvalue weighted by atomic mass is 9.95. The van der Waals surface area contributed by atoms with Crippen molar-refractivity contribution in [2.45, 2.75) is 70.9 Å². The van der Waals surface area contributed by atoms with E-state index in [-0.39, 0.29) is 17.4 Å². The van der Waals surface area contributed by atoms with Crippen molar-refractivity contribution in [1.29, 1.82) is 0 Å². The van der Waals surface area contributed by atoms with Gasteiger partial charge in [-0.3, -0.25) is 9.59 Å². The molecule has 2 aliphatic rings. The zero-order valence-electron chi connectivity index (χ0n) is 22.5. The van der Waals surface area contributed by atoms with Gasteiger partial charge in [0.1, 0.15) is 17.3 Å². The number of ether oxygens (including phenoxy) is 3. The second-order valence-corrected chi connectivity index (χ2v) is 9.94. The van der Waals surface area contributed by atoms with Crippen molar-refractivity contribution in [3.8, 4) is 11.5 Å². The zero-order chi connectivity index (χ0) is 26.9. The largest absolute Gasteiger partial charge is 0.507 e. The van der Waals surface area contributed by atoms with Gasteiger partial charge in [-0.2, -0.15) is 0 Å². The predicted octanol–water partition coefficient (Wildman–Crippen LogP) is 6.04. The Balaban J connectivity index is 1.63. The van der Waals surface area contributed by atoms with E-state index in [9.17, 15) is 14.7 Å². The highest BCUT2D eigenvalue weighted by molar-refractivity contribution is 6.46. The Morgan fingerprint density at radius 1 is 0.921 bits per heavy atom. The van der Waals surface area contributed by atoms with E-state index in [0.29, 0.717) is 37.7 Å². The summed E-state index contributed by atoms with van der Waals surface area (Å²) in [6.07, 6.45) is 6.85. The zero-order valence-corrected chi connectivity index (χ0v) is 22.5. The first kappa shape index (κ1) is 27.7. The first-order valence-corrected chi connectivity index (χ1v) is 13.9. The van der Waals surface area contributed by atoms with Gasteiger partial charge in [0.05, 0.1) is 30.9 Å². The van der Waals surface area contributed by atoms with Crippen LogP contribution in [0.1, 0.15) is 76.0 Å². The van der Waals surface area contributed by atoms with Crippen molar-refractivity contribution >= 4 is 17.4 Å². The quantitative estimate of drug-likeness (QED) is 0.150. The lowest BCUT2D eigenvalue weighted by molar-refractivity contribution is -0.140. The number of ketones is 1. The Labute approximate surface area is 225 Å². The number of amides is 1. The van der Waals surface area contributed by atoms with Gasteiger partial charge in [-0.15, -0.1) is 0 Å². The molecule has 2 heterocycles. The number of unbranched alkanes of at least 4 members (excludes halogenated alkanes) is 3. The first-order valence-electron chi connectivity index (χ1n) is 13.9. The molecule has 1 amide bonds. The Kier molecular flexibility index (Phi) is 9.82. The van der Waals surface area contributed by atoms with E-state index in [1.165, 1.54) is 0 Å². The molecule has 2 aromatic rings. The highest BCUT2D eigenvalue weighted by Gasteiger charge is 2.47. The van der Waals surface area contributed by atoms with E-state index >= 15 is 0 Å². The molecule has 7 heteroatoms. The van der Waals surface area contributed by atoms with Crippen LogP contribution in [0.4, 0.5) is 0 Å². The minimum absolute atomic E-state index is 0.0873. The lowest BCUT2D eigenvalue weighted by Crippen LogP contribution is -2.36. The fraction of sp³-hybridized carbons (Fsp3) is 0.484. The normalized spacial score (nSPS) is 20.7. The molecule has 0 unspecified atom stereocenters. The average molecular weight is 522 g/mol. The van der Waals surface area contributed by atoms with E-state index in [1.54, 1.807) is 29.2 Å². The summed E-state index contributed by atoms with van der Waals surface area (Å²) in [5.41, 5.74) is 1.29. The number of hydrogen-bond acceptors (Lipinski definition) is 6. The maximum Gasteiger partial charge on any atom is 0.295 e. The minimum Gasteiger partial charge on any atom is -0.507 e. The monoisotopic (exact) mass is 521 g/mol. The fourth-order valence-corrected chi connectivity index (χ4v) is 4.91. The van der Waals surface area contributed by atoms with Crippen LogP contribution >= 0.6 is 0 Å². The van der Waals surface area contributed by atoms with Crippen LogP contribution in [-0.2, 0) is 14.3 Å². The summed E-state index contributed by atoms with van der Waals surface area (Å²) < 4.78 is 17.4. The molecule has 2 saturated heterocycles. The van der Waals surface area contributed by atoms with Gasteiger partial charge in [0.25, 0.3) is 11.7 Å². The number of Topliss-reactive ketones (excluding diaryl/α,β-unsaturated/α-hetero) is 1. The molecular weight excluding hydrogens is 482 g/mol. The molecule has 4 rings (SSSR count). The Hall–Kier alpha value is -3.32. The standard InChI is InChI=1S/C31H39NO6/c1-3-5-7-19-37-24-14-10-22(11-15-24)28-27(30(34)31(35)32(28)21-26-9-8-20-38-26)29(33)23-12-16-25(17-13-23)36-18-6-4-2/h10-17,26,28,33H,3-9,18-21H2,1-2H3/t26-,28-/m1/s1. The number of carbonyl (C=O) groups is 2. The number of benzene rings is 2. The van der Waals surface area contributed by atoms with Crippen molar-refractivity contribution in [2.75, 3.05) is 26.4 Å². The Morgan fingerprint density at radius 2 is 1.55 bits per heavy atom. The molecule has 38 heavy (non-hydrogen) atoms. The molecule has 7 nitrogen and oxygen atoms in total. The number of likely N-dealkylation sites (tertiary alicyclic amines) is 1. The van der Waals surface area contributed by atoms with Gasteiger partial charge < -0.3 is 24.2 Å². The topological polar surface area (TPSA) is 85.3 Å². The second-order valence-electron chi connectivity index (χ2n) is 9.94. The van der Waals surface area contributed by atoms with E-state index < -0.39 is 17.7 Å². The molecule has 204 valence electrons. The molecule has 0 radical (unpaired) electrons. The smallest absolute Gasteiger partial charge is 0.295 e. The van der Waals surface area contributed by atoms with Crippen LogP contribution in [0.3, 0.4) is 0 Å². The van der Waals surface area contributed by atoms with Crippen LogP contribution in [0.2, 0.25) is 0 Å². The number of aliphatic hydroxyl groups excluding tert-OH is 1. The second kappa shape index (κ2) is 13.5. The molecular formula is C31H39NO6. The van der Waals surface area contributed by atoms with E-state index in [4.69, 9.17) is 14.2 Å². The van der Waals surface area contributed by atoms with Crippen LogP contribution in [0, 0.1) is 0 Å². The molecule has 0 spiro atoms. The SMILES string of the molecule is CCCCCOc1ccc([C@@H]2C(=C(O)c3ccc(OCCCC)cc3)C(=O)C(=O)N2C[C@H]2CCCO2)cc1.